The fraction of sp³-hybridized carbons (Fsp3) is 0.267. The molecule has 2 rings (SSSR count). The van der Waals surface area contributed by atoms with E-state index in [1.165, 1.54) is 0 Å². The van der Waals surface area contributed by atoms with Gasteiger partial charge in [-0.2, -0.15) is 5.10 Å². The molecule has 8 heteroatoms. The van der Waals surface area contributed by atoms with Crippen molar-refractivity contribution in [3.63, 3.8) is 0 Å². The molecule has 1 aromatic heterocycles. The molecule has 0 aliphatic carbocycles. The van der Waals surface area contributed by atoms with E-state index in [-0.39, 0.29) is 25.3 Å². The molecule has 4 N–H and O–H groups in total. The fourth-order valence-corrected chi connectivity index (χ4v) is 2.01. The van der Waals surface area contributed by atoms with Gasteiger partial charge < -0.3 is 15.6 Å². The van der Waals surface area contributed by atoms with Crippen molar-refractivity contribution >= 4 is 6.21 Å². The van der Waals surface area contributed by atoms with E-state index in [1.807, 2.05) is 30.3 Å². The molecule has 0 atom stereocenters. The van der Waals surface area contributed by atoms with Crippen LogP contribution in [0.3, 0.4) is 0 Å². The summed E-state index contributed by atoms with van der Waals surface area (Å²) in [5, 5.41) is 22.5. The number of hydrogen-bond acceptors (Lipinski definition) is 6. The number of nitrogens with one attached hydrogen (secondary N) is 2. The first-order chi connectivity index (χ1) is 11.1. The number of aliphatic hydroxyl groups excluding tert-OH is 1. The highest BCUT2D eigenvalue weighted by Crippen LogP contribution is 2.09. The normalized spacial score (nSPS) is 11.0. The minimum absolute atomic E-state index is 0.115. The van der Waals surface area contributed by atoms with Crippen LogP contribution in [0.1, 0.15) is 11.1 Å². The molecule has 23 heavy (non-hydrogen) atoms. The van der Waals surface area contributed by atoms with E-state index in [9.17, 15) is 14.7 Å². The number of hydrogen-bond donors (Lipinski definition) is 4. The van der Waals surface area contributed by atoms with Gasteiger partial charge in [0.1, 0.15) is 5.56 Å². The van der Waals surface area contributed by atoms with Crippen molar-refractivity contribution in [3.8, 4) is 5.88 Å². The van der Waals surface area contributed by atoms with Gasteiger partial charge in [0, 0.05) is 6.54 Å². The summed E-state index contributed by atoms with van der Waals surface area (Å²) in [5.74, 6) is -0.441. The zero-order valence-electron chi connectivity index (χ0n) is 12.4. The average molecular weight is 318 g/mol. The Morgan fingerprint density at radius 3 is 2.70 bits per heavy atom. The number of nitrogens with zero attached hydrogens (tertiary/aromatic N) is 2. The number of aromatic nitrogens is 2. The summed E-state index contributed by atoms with van der Waals surface area (Å²) >= 11 is 0. The van der Waals surface area contributed by atoms with Crippen LogP contribution in [-0.4, -0.2) is 39.1 Å². The first-order valence-electron chi connectivity index (χ1n) is 7.10. The number of aryl methyl sites for hydroxylation is 1. The summed E-state index contributed by atoms with van der Waals surface area (Å²) in [4.78, 5) is 25.8. The lowest BCUT2D eigenvalue weighted by atomic mass is 10.1. The second-order valence-electron chi connectivity index (χ2n) is 4.77. The van der Waals surface area contributed by atoms with Gasteiger partial charge in [0.25, 0.3) is 5.56 Å². The molecule has 0 spiro atoms. The van der Waals surface area contributed by atoms with Gasteiger partial charge in [-0.25, -0.2) is 4.79 Å². The number of benzene rings is 1. The molecule has 1 heterocycles. The number of aliphatic hydroxyl groups is 1. The zero-order chi connectivity index (χ0) is 16.7. The maximum absolute atomic E-state index is 11.9. The number of H-pyrrole nitrogens is 1. The monoisotopic (exact) mass is 318 g/mol. The van der Waals surface area contributed by atoms with Crippen LogP contribution in [-0.2, 0) is 13.0 Å². The fourth-order valence-electron chi connectivity index (χ4n) is 2.01. The molecule has 0 aliphatic rings. The van der Waals surface area contributed by atoms with Crippen LogP contribution in [0.25, 0.3) is 0 Å². The van der Waals surface area contributed by atoms with Crippen LogP contribution in [0.5, 0.6) is 5.88 Å². The van der Waals surface area contributed by atoms with E-state index >= 15 is 0 Å². The van der Waals surface area contributed by atoms with Gasteiger partial charge in [-0.05, 0) is 12.0 Å². The van der Waals surface area contributed by atoms with Crippen molar-refractivity contribution in [2.45, 2.75) is 13.0 Å². The average Bonchev–Trinajstić information content (AvgIpc) is 2.54. The van der Waals surface area contributed by atoms with Crippen molar-refractivity contribution in [2.24, 2.45) is 5.10 Å². The van der Waals surface area contributed by atoms with Gasteiger partial charge in [-0.1, -0.05) is 30.3 Å². The maximum Gasteiger partial charge on any atom is 0.331 e. The highest BCUT2D eigenvalue weighted by atomic mass is 16.3. The maximum atomic E-state index is 11.9. The summed E-state index contributed by atoms with van der Waals surface area (Å²) < 4.78 is 1.09. The highest BCUT2D eigenvalue weighted by molar-refractivity contribution is 5.81. The third-order valence-electron chi connectivity index (χ3n) is 3.18. The second kappa shape index (κ2) is 7.95. The van der Waals surface area contributed by atoms with Crippen LogP contribution < -0.4 is 16.7 Å². The van der Waals surface area contributed by atoms with Gasteiger partial charge in [0.15, 0.2) is 0 Å². The van der Waals surface area contributed by atoms with Crippen molar-refractivity contribution in [2.75, 3.05) is 13.2 Å². The largest absolute Gasteiger partial charge is 0.494 e. The standard InChI is InChI=1S/C15H18N4O4/c20-9-7-16-17-10-12-13(21)18-15(23)19(14(12)22)8-6-11-4-2-1-3-5-11/h1-5,10,16,20,22H,6-9H2,(H,18,21,23)/b17-10+. The first-order valence-corrected chi connectivity index (χ1v) is 7.10. The van der Waals surface area contributed by atoms with Crippen LogP contribution in [0.2, 0.25) is 0 Å². The molecular formula is C15H18N4O4. The highest BCUT2D eigenvalue weighted by Gasteiger charge is 2.12. The molecular weight excluding hydrogens is 300 g/mol. The zero-order valence-corrected chi connectivity index (χ0v) is 12.4. The Bertz CT molecular complexity index is 780. The lowest BCUT2D eigenvalue weighted by molar-refractivity contribution is 0.294. The molecule has 0 amide bonds. The topological polar surface area (TPSA) is 120 Å². The predicted molar refractivity (Wildman–Crippen MR) is 85.8 cm³/mol. The molecule has 2 aromatic rings. The van der Waals surface area contributed by atoms with Crippen molar-refractivity contribution in [1.29, 1.82) is 0 Å². The van der Waals surface area contributed by atoms with Gasteiger partial charge in [-0.15, -0.1) is 0 Å². The molecule has 0 fully saturated rings. The SMILES string of the molecule is O=c1[nH]c(=O)n(CCc2ccccc2)c(O)c1/C=N/NCCO. The number of aromatic hydroxyl groups is 1. The van der Waals surface area contributed by atoms with Crippen molar-refractivity contribution in [1.82, 2.24) is 15.0 Å². The number of rotatable bonds is 7. The van der Waals surface area contributed by atoms with E-state index < -0.39 is 17.1 Å². The van der Waals surface area contributed by atoms with E-state index in [4.69, 9.17) is 5.11 Å². The Morgan fingerprint density at radius 2 is 2.00 bits per heavy atom. The Kier molecular flexibility index (Phi) is 5.70. The van der Waals surface area contributed by atoms with E-state index in [2.05, 4.69) is 15.5 Å². The van der Waals surface area contributed by atoms with Gasteiger partial charge in [0.2, 0.25) is 5.88 Å². The van der Waals surface area contributed by atoms with Crippen LogP contribution in [0.15, 0.2) is 45.0 Å². The summed E-state index contributed by atoms with van der Waals surface area (Å²) in [6.07, 6.45) is 1.64. The van der Waals surface area contributed by atoms with E-state index in [0.717, 1.165) is 16.3 Å². The Balaban J connectivity index is 2.24. The molecule has 0 aliphatic heterocycles. The Hall–Kier alpha value is -2.87. The molecule has 8 nitrogen and oxygen atoms in total. The quantitative estimate of drug-likeness (QED) is 0.309. The van der Waals surface area contributed by atoms with Gasteiger partial charge in [-0.3, -0.25) is 14.3 Å². The van der Waals surface area contributed by atoms with Gasteiger partial charge in [0.05, 0.1) is 19.4 Å². The predicted octanol–water partition coefficient (Wildman–Crippen LogP) is -0.599. The third kappa shape index (κ3) is 4.30. The minimum Gasteiger partial charge on any atom is -0.494 e. The Labute approximate surface area is 131 Å². The van der Waals surface area contributed by atoms with Crippen LogP contribution in [0, 0.1) is 0 Å². The van der Waals surface area contributed by atoms with Crippen LogP contribution in [0.4, 0.5) is 0 Å². The van der Waals surface area contributed by atoms with E-state index in [0.29, 0.717) is 6.42 Å². The minimum atomic E-state index is -0.724. The first kappa shape index (κ1) is 16.5. The molecule has 0 unspecified atom stereocenters. The number of aromatic amines is 1. The van der Waals surface area contributed by atoms with E-state index in [1.54, 1.807) is 0 Å². The Morgan fingerprint density at radius 1 is 1.26 bits per heavy atom. The summed E-state index contributed by atoms with van der Waals surface area (Å²) in [6, 6.07) is 9.48. The van der Waals surface area contributed by atoms with Gasteiger partial charge >= 0.3 is 5.69 Å². The molecule has 0 bridgehead atoms. The van der Waals surface area contributed by atoms with Crippen molar-refractivity contribution < 1.29 is 10.2 Å². The van der Waals surface area contributed by atoms with Crippen LogP contribution >= 0.6 is 0 Å². The summed E-state index contributed by atoms with van der Waals surface area (Å²) in [7, 11) is 0. The molecule has 0 saturated carbocycles. The smallest absolute Gasteiger partial charge is 0.331 e. The second-order valence-corrected chi connectivity index (χ2v) is 4.77. The van der Waals surface area contributed by atoms with Crippen molar-refractivity contribution in [3.05, 3.63) is 62.3 Å². The summed E-state index contributed by atoms with van der Waals surface area (Å²) in [5.41, 5.74) is 1.98. The lowest BCUT2D eigenvalue weighted by Crippen LogP contribution is -2.33. The molecule has 0 saturated heterocycles. The molecule has 0 radical (unpaired) electrons. The third-order valence-corrected chi connectivity index (χ3v) is 3.18. The number of hydrazone groups is 1. The molecule has 122 valence electrons. The summed E-state index contributed by atoms with van der Waals surface area (Å²) in [6.45, 7) is 0.315. The molecule has 1 aromatic carbocycles. The lowest BCUT2D eigenvalue weighted by Gasteiger charge is -2.09.